The standard InChI is InChI=1S/C12H25NO16P2.C10H17N3O6/c13-5(1-14)9(18)10(19)7(16)3-28-31(25,26)29-4-8(17)12(21)11(20)6(15)2-27-30(22,23)24;11-5(9(16)17)2-4-8(15)19-10(18)6(12)1-3-7(13)14/h1,5-7,9-12,15-16,18-21H,2-4,13H2,(H,25,26)(H2,22,23,24);5-6H,1-4,11-12H2,(H2,13,14)(H,16,17)/t5-,6+,7+,9+,10+,11+,12+;5-,6-/m00/s1. The van der Waals surface area contributed by atoms with E-state index in [1.807, 2.05) is 0 Å². The molecule has 0 rings (SSSR count). The number of aliphatic hydroxyl groups excluding tert-OH is 6. The van der Waals surface area contributed by atoms with Crippen molar-refractivity contribution in [1.29, 1.82) is 0 Å². The van der Waals surface area contributed by atoms with Crippen LogP contribution in [0.2, 0.25) is 0 Å². The molecule has 0 saturated carbocycles. The summed E-state index contributed by atoms with van der Waals surface area (Å²) in [6.45, 7) is -3.66. The Morgan fingerprint density at radius 3 is 1.70 bits per heavy atom. The summed E-state index contributed by atoms with van der Waals surface area (Å²) in [5.74, 6) is -5.25. The summed E-state index contributed by atoms with van der Waals surface area (Å²) in [6.07, 6.45) is -13.4. The van der Waals surface area contributed by atoms with Crippen LogP contribution in [0.15, 0.2) is 0 Å². The highest BCUT2D eigenvalue weighted by molar-refractivity contribution is 7.47. The third-order valence-corrected chi connectivity index (χ3v) is 7.15. The highest BCUT2D eigenvalue weighted by Crippen LogP contribution is 2.43. The lowest BCUT2D eigenvalue weighted by atomic mass is 10.0. The van der Waals surface area contributed by atoms with Crippen LogP contribution >= 0.6 is 15.6 Å². The van der Waals surface area contributed by atoms with Crippen LogP contribution in [0.5, 0.6) is 0 Å². The van der Waals surface area contributed by atoms with Crippen molar-refractivity contribution in [2.24, 2.45) is 22.9 Å². The molecule has 0 heterocycles. The molecule has 0 aliphatic carbocycles. The first-order chi connectivity index (χ1) is 22.8. The van der Waals surface area contributed by atoms with Gasteiger partial charge in [-0.2, -0.15) is 0 Å². The first-order valence-corrected chi connectivity index (χ1v) is 16.7. The van der Waals surface area contributed by atoms with Crippen LogP contribution in [-0.4, -0.2) is 161 Å². The van der Waals surface area contributed by atoms with Crippen LogP contribution in [0.3, 0.4) is 0 Å². The Labute approximate surface area is 281 Å². The van der Waals surface area contributed by atoms with Gasteiger partial charge in [0.1, 0.15) is 61.6 Å². The van der Waals surface area contributed by atoms with Crippen molar-refractivity contribution in [3.8, 4) is 0 Å². The van der Waals surface area contributed by atoms with Crippen molar-refractivity contribution >= 4 is 51.5 Å². The van der Waals surface area contributed by atoms with Gasteiger partial charge in [-0.05, 0) is 12.8 Å². The van der Waals surface area contributed by atoms with Gasteiger partial charge in [0.2, 0.25) is 5.91 Å². The topological polar surface area (TPSA) is 480 Å². The smallest absolute Gasteiger partial charge is 0.472 e. The Bertz CT molecular complexity index is 1220. The number of carbonyl (C=O) groups excluding carboxylic acids is 5. The zero-order valence-corrected chi connectivity index (χ0v) is 27.6. The Hall–Kier alpha value is -2.72. The Kier molecular flexibility index (Phi) is 23.4. The zero-order chi connectivity index (χ0) is 39.6. The minimum Gasteiger partial charge on any atom is -0.480 e. The quantitative estimate of drug-likeness (QED) is 0.0187. The third kappa shape index (κ3) is 22.2. The van der Waals surface area contributed by atoms with Gasteiger partial charge in [-0.3, -0.25) is 32.7 Å². The fraction of sp³-hybridized carbons (Fsp3) is 0.727. The number of rotatable bonds is 24. The number of amides is 1. The number of phosphoric ester groups is 2. The predicted molar refractivity (Wildman–Crippen MR) is 157 cm³/mol. The fourth-order valence-corrected chi connectivity index (χ4v) is 3.85. The number of carboxylic acid groups (broad SMARTS) is 1. The number of aldehydes is 1. The van der Waals surface area contributed by atoms with Gasteiger partial charge in [0.05, 0.1) is 19.3 Å². The molecular weight excluding hydrogens is 734 g/mol. The zero-order valence-electron chi connectivity index (χ0n) is 25.8. The van der Waals surface area contributed by atoms with Crippen LogP contribution in [0.1, 0.15) is 25.7 Å². The van der Waals surface area contributed by atoms with Crippen LogP contribution in [0, 0.1) is 0 Å². The number of hydrogen-bond donors (Lipinski definition) is 14. The van der Waals surface area contributed by atoms with Gasteiger partial charge in [0, 0.05) is 12.8 Å². The molecule has 26 nitrogen and oxygen atoms in total. The maximum absolute atomic E-state index is 11.7. The molecule has 0 aromatic carbocycles. The number of Topliss-reactive ketones (excluding diaryl/α,β-unsaturated/α-hetero) is 1. The van der Waals surface area contributed by atoms with Crippen molar-refractivity contribution in [2.75, 3.05) is 19.8 Å². The minimum atomic E-state index is -5.09. The number of ketones is 1. The lowest BCUT2D eigenvalue weighted by Gasteiger charge is -2.25. The second kappa shape index (κ2) is 23.7. The molecule has 0 spiro atoms. The monoisotopic (exact) mass is 776 g/mol. The van der Waals surface area contributed by atoms with Crippen LogP contribution in [-0.2, 0) is 56.2 Å². The van der Waals surface area contributed by atoms with E-state index in [1.54, 1.807) is 0 Å². The molecule has 0 aromatic heterocycles. The number of phosphoric acid groups is 2. The van der Waals surface area contributed by atoms with E-state index in [2.05, 4.69) is 18.3 Å². The number of nitrogens with two attached hydrogens (primary N) is 4. The third-order valence-electron chi connectivity index (χ3n) is 5.73. The molecule has 1 unspecified atom stereocenters. The number of carbonyl (C=O) groups is 6. The van der Waals surface area contributed by atoms with Crippen molar-refractivity contribution in [3.05, 3.63) is 0 Å². The van der Waals surface area contributed by atoms with E-state index in [-0.39, 0.29) is 32.0 Å². The summed E-state index contributed by atoms with van der Waals surface area (Å²) in [7, 11) is -10.1. The lowest BCUT2D eigenvalue weighted by Crippen LogP contribution is -2.50. The summed E-state index contributed by atoms with van der Waals surface area (Å²) < 4.78 is 38.9. The van der Waals surface area contributed by atoms with Crippen molar-refractivity contribution in [2.45, 2.75) is 80.4 Å². The van der Waals surface area contributed by atoms with Crippen LogP contribution < -0.4 is 22.9 Å². The number of ether oxygens (including phenoxy) is 1. The van der Waals surface area contributed by atoms with Gasteiger partial charge in [0.15, 0.2) is 5.78 Å². The Balaban J connectivity index is 0. The highest BCUT2D eigenvalue weighted by Gasteiger charge is 2.35. The molecule has 0 radical (unpaired) electrons. The van der Waals surface area contributed by atoms with E-state index in [9.17, 15) is 73.4 Å². The van der Waals surface area contributed by atoms with Gasteiger partial charge in [-0.25, -0.2) is 13.9 Å². The number of aliphatic carboxylic acids is 1. The first kappa shape index (κ1) is 49.4. The van der Waals surface area contributed by atoms with Gasteiger partial charge in [-0.15, -0.1) is 0 Å². The van der Waals surface area contributed by atoms with E-state index < -0.39 is 120 Å². The largest absolute Gasteiger partial charge is 0.480 e. The van der Waals surface area contributed by atoms with Crippen LogP contribution in [0.4, 0.5) is 0 Å². The SMILES string of the molecule is NC(=O)CC[C@H](N)C(=O)OC(=O)CC[C@H](N)C(=O)O.N[C@@H](C=O)[C@@H](O)[C@H](O)[C@H](O)COP(=O)(O)OCC(=O)[C@@H](O)[C@H](O)[C@H](O)COP(=O)(O)O. The predicted octanol–water partition coefficient (Wildman–Crippen LogP) is -7.67. The molecule has 1 amide bonds. The van der Waals surface area contributed by atoms with E-state index in [0.29, 0.717) is 0 Å². The van der Waals surface area contributed by atoms with Crippen molar-refractivity contribution in [3.63, 3.8) is 0 Å². The molecule has 18 N–H and O–H groups in total. The maximum Gasteiger partial charge on any atom is 0.472 e. The Morgan fingerprint density at radius 1 is 0.720 bits per heavy atom. The number of carboxylic acids is 1. The van der Waals surface area contributed by atoms with E-state index in [1.165, 1.54) is 0 Å². The number of aliphatic hydroxyl groups is 6. The van der Waals surface area contributed by atoms with Gasteiger partial charge in [-0.1, -0.05) is 0 Å². The summed E-state index contributed by atoms with van der Waals surface area (Å²) in [6, 6.07) is -3.91. The normalized spacial score (nSPS) is 18.2. The fourth-order valence-electron chi connectivity index (χ4n) is 2.80. The summed E-state index contributed by atoms with van der Waals surface area (Å²) in [5, 5.41) is 65.6. The van der Waals surface area contributed by atoms with E-state index in [0.717, 1.165) is 0 Å². The summed E-state index contributed by atoms with van der Waals surface area (Å²) in [5.41, 5.74) is 20.5. The van der Waals surface area contributed by atoms with Crippen molar-refractivity contribution in [1.82, 2.24) is 0 Å². The molecule has 10 atom stereocenters. The molecular formula is C22H42N4O22P2. The summed E-state index contributed by atoms with van der Waals surface area (Å²) in [4.78, 5) is 91.8. The molecule has 0 aliphatic heterocycles. The van der Waals surface area contributed by atoms with Gasteiger partial charge >= 0.3 is 33.6 Å². The van der Waals surface area contributed by atoms with Gasteiger partial charge < -0.3 is 82.9 Å². The average molecular weight is 777 g/mol. The molecule has 28 heteroatoms. The molecule has 0 saturated heterocycles. The van der Waals surface area contributed by atoms with E-state index in [4.69, 9.17) is 37.8 Å². The van der Waals surface area contributed by atoms with Crippen molar-refractivity contribution < 1.29 is 107 Å². The lowest BCUT2D eigenvalue weighted by molar-refractivity contribution is -0.160. The Morgan fingerprint density at radius 2 is 1.22 bits per heavy atom. The number of esters is 2. The second-order valence-corrected chi connectivity index (χ2v) is 12.6. The minimum absolute atomic E-state index is 0.0317. The van der Waals surface area contributed by atoms with E-state index >= 15 is 0 Å². The highest BCUT2D eigenvalue weighted by atomic mass is 31.2. The molecule has 50 heavy (non-hydrogen) atoms. The second-order valence-electron chi connectivity index (χ2n) is 9.94. The molecule has 292 valence electrons. The average Bonchev–Trinajstić information content (AvgIpc) is 3.04. The maximum atomic E-state index is 11.7. The molecule has 0 bridgehead atoms. The number of primary amides is 1. The van der Waals surface area contributed by atoms with Gasteiger partial charge in [0.25, 0.3) is 0 Å². The molecule has 0 aromatic rings. The number of hydrogen-bond acceptors (Lipinski definition) is 21. The summed E-state index contributed by atoms with van der Waals surface area (Å²) >= 11 is 0. The molecule has 0 aliphatic rings. The van der Waals surface area contributed by atoms with Crippen LogP contribution in [0.25, 0.3) is 0 Å². The molecule has 0 fully saturated rings. The first-order valence-electron chi connectivity index (χ1n) is 13.7.